The number of hydrogen-bond acceptors (Lipinski definition) is 14. The number of carbonyl (C=O) groups is 3. The molecule has 0 aromatic carbocycles. The predicted molar refractivity (Wildman–Crippen MR) is 234 cm³/mol. The van der Waals surface area contributed by atoms with Gasteiger partial charge in [-0.1, -0.05) is 88.5 Å². The number of hydrogen-bond donors (Lipinski definition) is 5. The summed E-state index contributed by atoms with van der Waals surface area (Å²) in [5.74, 6) is 1.88. The molecule has 1 amide bonds. The third-order valence-corrected chi connectivity index (χ3v) is 7.77. The summed E-state index contributed by atoms with van der Waals surface area (Å²) in [4.78, 5) is 50.0. The highest BCUT2D eigenvalue weighted by atomic mass is 35.5. The Hall–Kier alpha value is -3.28. The summed E-state index contributed by atoms with van der Waals surface area (Å²) in [5.41, 5.74) is 5.56. The lowest BCUT2D eigenvalue weighted by Crippen LogP contribution is -2.25. The van der Waals surface area contributed by atoms with Crippen LogP contribution >= 0.6 is 38.6 Å². The highest BCUT2D eigenvalue weighted by molar-refractivity contribution is 7.59. The van der Waals surface area contributed by atoms with Crippen molar-refractivity contribution in [3.8, 4) is 11.5 Å². The summed E-state index contributed by atoms with van der Waals surface area (Å²) < 4.78 is 15.8. The Morgan fingerprint density at radius 1 is 0.782 bits per heavy atom. The normalized spacial score (nSPS) is 11.1. The molecule has 2 heterocycles. The van der Waals surface area contributed by atoms with Crippen molar-refractivity contribution < 1.29 is 33.7 Å². The van der Waals surface area contributed by atoms with E-state index >= 15 is 0 Å². The molecule has 15 nitrogen and oxygen atoms in total. The molecule has 0 aliphatic heterocycles. The number of amides is 1. The molecular formula is C37H71ClN8O7S2. The van der Waals surface area contributed by atoms with E-state index in [1.165, 1.54) is 6.20 Å². The van der Waals surface area contributed by atoms with Crippen LogP contribution in [0, 0.1) is 17.8 Å². The van der Waals surface area contributed by atoms with E-state index in [4.69, 9.17) is 36.7 Å². The number of aliphatic hydroxyl groups excluding tert-OH is 1. The van der Waals surface area contributed by atoms with Crippen LogP contribution in [0.3, 0.4) is 0 Å². The van der Waals surface area contributed by atoms with Gasteiger partial charge in [0.05, 0.1) is 39.1 Å². The molecule has 2 aromatic rings. The number of methoxy groups -OCH3 is 2. The first-order chi connectivity index (χ1) is 24.6. The van der Waals surface area contributed by atoms with E-state index in [2.05, 4.69) is 49.7 Å². The molecule has 0 spiro atoms. The molecule has 2 rings (SSSR count). The Balaban J connectivity index is -0.000000415. The minimum atomic E-state index is -0.269. The molecule has 0 aliphatic carbocycles. The predicted octanol–water partition coefficient (Wildman–Crippen LogP) is 7.33. The quantitative estimate of drug-likeness (QED) is 0.0616. The lowest BCUT2D eigenvalue weighted by Gasteiger charge is -2.21. The number of nitrogens with two attached hydrogens (primary N) is 1. The second-order valence-electron chi connectivity index (χ2n) is 12.9. The van der Waals surface area contributed by atoms with E-state index in [1.807, 2.05) is 13.8 Å². The maximum Gasteiger partial charge on any atom is 0.308 e. The number of anilines is 4. The minimum Gasteiger partial charge on any atom is -0.491 e. The molecule has 0 fully saturated rings. The topological polar surface area (TPSA) is 213 Å². The molecule has 2 atom stereocenters. The van der Waals surface area contributed by atoms with Gasteiger partial charge < -0.3 is 35.7 Å². The van der Waals surface area contributed by atoms with Crippen LogP contribution in [-0.4, -0.2) is 81.7 Å². The summed E-state index contributed by atoms with van der Waals surface area (Å²) in [6.07, 6.45) is 10.6. The molecule has 0 unspecified atom stereocenters. The molecule has 0 saturated heterocycles. The average molecular weight is 840 g/mol. The van der Waals surface area contributed by atoms with Crippen LogP contribution in [0.15, 0.2) is 12.4 Å². The van der Waals surface area contributed by atoms with Crippen LogP contribution in [0.1, 0.15) is 114 Å². The zero-order valence-electron chi connectivity index (χ0n) is 33.8. The summed E-state index contributed by atoms with van der Waals surface area (Å²) >= 11 is 4.97. The first-order valence-corrected chi connectivity index (χ1v) is 18.4. The van der Waals surface area contributed by atoms with Crippen molar-refractivity contribution in [2.75, 3.05) is 49.1 Å². The number of nitrogens with one attached hydrogen (secondary N) is 3. The van der Waals surface area contributed by atoms with E-state index in [0.29, 0.717) is 42.6 Å². The first-order valence-electron chi connectivity index (χ1n) is 18.0. The first kappa shape index (κ1) is 58.4. The fourth-order valence-corrected chi connectivity index (χ4v) is 4.06. The van der Waals surface area contributed by atoms with Gasteiger partial charge >= 0.3 is 5.97 Å². The molecule has 55 heavy (non-hydrogen) atoms. The van der Waals surface area contributed by atoms with Gasteiger partial charge in [-0.15, -0.1) is 0 Å². The molecule has 0 radical (unpaired) electrons. The molecule has 0 bridgehead atoms. The number of carbonyl (C=O) groups excluding carboxylic acids is 3. The third-order valence-electron chi connectivity index (χ3n) is 7.34. The van der Waals surface area contributed by atoms with E-state index in [1.54, 1.807) is 48.1 Å². The van der Waals surface area contributed by atoms with Gasteiger partial charge in [-0.2, -0.15) is 37.0 Å². The van der Waals surface area contributed by atoms with Crippen LogP contribution in [0.5, 0.6) is 11.5 Å². The van der Waals surface area contributed by atoms with Crippen LogP contribution in [-0.2, 0) is 19.1 Å². The standard InChI is InChI=1S/C20H34N4O4.C12H22N4O2.C4H7ClO.CH4.2H2S/c1-7-8-9-15(10-11-28-19(26)14(4)5)22-17-16(27-6)12-21-20(23-17)24-18(25)13(2)3;1-3-4-5-9(6-7-17)15-11-10(18-2)8-14-12(13)16-11;1-3(2)4(5)6;;;/h12-15H,7-11H2,1-6H3,(H2,21,22,23,24,25);8-9,17H,3-7H2,1-2H3,(H3,13,14,15,16);3H,1-2H3;1H4;2*1H2/t15-;9-;;;;/m00..../s1. The zero-order valence-corrected chi connectivity index (χ0v) is 36.5. The molecule has 320 valence electrons. The zero-order chi connectivity index (χ0) is 39.6. The van der Waals surface area contributed by atoms with Crippen LogP contribution in [0.25, 0.3) is 0 Å². The summed E-state index contributed by atoms with van der Waals surface area (Å²) in [7, 11) is 3.11. The van der Waals surface area contributed by atoms with Crippen molar-refractivity contribution in [3.63, 3.8) is 0 Å². The number of unbranched alkanes of at least 4 members (excludes halogenated alkanes) is 2. The number of halogens is 1. The Kier molecular flexibility index (Phi) is 36.1. The van der Waals surface area contributed by atoms with Crippen molar-refractivity contribution in [2.24, 2.45) is 17.8 Å². The highest BCUT2D eigenvalue weighted by Gasteiger charge is 2.18. The number of aromatic nitrogens is 4. The largest absolute Gasteiger partial charge is 0.491 e. The molecule has 6 N–H and O–H groups in total. The second-order valence-corrected chi connectivity index (χ2v) is 13.3. The summed E-state index contributed by atoms with van der Waals surface area (Å²) in [6, 6.07) is 0.218. The Labute approximate surface area is 348 Å². The second kappa shape index (κ2) is 34.0. The molecular weight excluding hydrogens is 768 g/mol. The van der Waals surface area contributed by atoms with E-state index in [-0.39, 0.29) is 99.9 Å². The van der Waals surface area contributed by atoms with Crippen molar-refractivity contribution in [3.05, 3.63) is 12.4 Å². The fourth-order valence-electron chi connectivity index (χ4n) is 4.06. The maximum atomic E-state index is 11.9. The van der Waals surface area contributed by atoms with Crippen LogP contribution in [0.2, 0.25) is 0 Å². The number of aliphatic hydroxyl groups is 1. The summed E-state index contributed by atoms with van der Waals surface area (Å²) in [5, 5.41) is 18.1. The molecule has 0 aliphatic rings. The van der Waals surface area contributed by atoms with Gasteiger partial charge in [0, 0.05) is 36.9 Å². The highest BCUT2D eigenvalue weighted by Crippen LogP contribution is 2.25. The van der Waals surface area contributed by atoms with Gasteiger partial charge in [0.1, 0.15) is 0 Å². The van der Waals surface area contributed by atoms with Crippen LogP contribution < -0.4 is 31.2 Å². The fraction of sp³-hybridized carbons (Fsp3) is 0.703. The lowest BCUT2D eigenvalue weighted by atomic mass is 10.1. The smallest absolute Gasteiger partial charge is 0.308 e. The molecule has 0 saturated carbocycles. The Morgan fingerprint density at radius 3 is 1.67 bits per heavy atom. The van der Waals surface area contributed by atoms with Crippen LogP contribution in [0.4, 0.5) is 23.5 Å². The van der Waals surface area contributed by atoms with Gasteiger partial charge in [-0.3, -0.25) is 19.7 Å². The maximum absolute atomic E-state index is 11.9. The van der Waals surface area contributed by atoms with Crippen molar-refractivity contribution in [1.82, 2.24) is 19.9 Å². The van der Waals surface area contributed by atoms with Crippen molar-refractivity contribution in [1.29, 1.82) is 0 Å². The van der Waals surface area contributed by atoms with Gasteiger partial charge in [0.15, 0.2) is 23.1 Å². The van der Waals surface area contributed by atoms with Gasteiger partial charge in [0.2, 0.25) is 23.0 Å². The number of rotatable bonds is 21. The third kappa shape index (κ3) is 26.3. The number of nitrogens with zero attached hydrogens (tertiary/aromatic N) is 4. The monoisotopic (exact) mass is 838 g/mol. The van der Waals surface area contributed by atoms with E-state index in [0.717, 1.165) is 38.5 Å². The number of esters is 1. The van der Waals surface area contributed by atoms with Crippen molar-refractivity contribution >= 4 is 79.2 Å². The number of ether oxygens (including phenoxy) is 3. The van der Waals surface area contributed by atoms with E-state index < -0.39 is 0 Å². The Bertz CT molecular complexity index is 1330. The van der Waals surface area contributed by atoms with Gasteiger partial charge in [0.25, 0.3) is 0 Å². The molecule has 2 aromatic heterocycles. The minimum absolute atomic E-state index is 0. The lowest BCUT2D eigenvalue weighted by molar-refractivity contribution is -0.147. The summed E-state index contributed by atoms with van der Waals surface area (Å²) in [6.45, 7) is 15.5. The van der Waals surface area contributed by atoms with Gasteiger partial charge in [-0.25, -0.2) is 9.97 Å². The SMILES string of the molecule is C.CC(C)C(=O)Cl.CCCC[C@@H](CCO)Nc1nc(N)ncc1OC.CCCC[C@@H](CCOC(=O)C(C)C)Nc1nc(NC(=O)C(C)C)ncc1OC.S.S. The van der Waals surface area contributed by atoms with Gasteiger partial charge in [-0.05, 0) is 30.9 Å². The Morgan fingerprint density at radius 2 is 1.25 bits per heavy atom. The van der Waals surface area contributed by atoms with Crippen molar-refractivity contribution in [2.45, 2.75) is 126 Å². The average Bonchev–Trinajstić information content (AvgIpc) is 3.10. The van der Waals surface area contributed by atoms with E-state index in [9.17, 15) is 14.4 Å². The number of nitrogen functional groups attached to an aromatic ring is 1. The molecule has 18 heteroatoms.